The summed E-state index contributed by atoms with van der Waals surface area (Å²) >= 11 is 0. The molecule has 0 spiro atoms. The molecule has 1 heterocycles. The minimum Gasteiger partial charge on any atom is -0.481 e. The number of carboxylic acids is 1. The van der Waals surface area contributed by atoms with Crippen molar-refractivity contribution in [3.63, 3.8) is 0 Å². The predicted molar refractivity (Wildman–Crippen MR) is 130 cm³/mol. The van der Waals surface area contributed by atoms with Crippen LogP contribution >= 0.6 is 0 Å². The molecule has 1 aliphatic rings. The molecule has 0 aliphatic carbocycles. The van der Waals surface area contributed by atoms with Gasteiger partial charge in [0.15, 0.2) is 0 Å². The summed E-state index contributed by atoms with van der Waals surface area (Å²) in [4.78, 5) is 23.9. The van der Waals surface area contributed by atoms with E-state index < -0.39 is 12.1 Å². The fourth-order valence-electron chi connectivity index (χ4n) is 4.15. The molecular weight excluding hydrogens is 416 g/mol. The van der Waals surface area contributed by atoms with Crippen molar-refractivity contribution in [2.45, 2.75) is 51.6 Å². The van der Waals surface area contributed by atoms with Gasteiger partial charge in [-0.1, -0.05) is 74.4 Å². The number of aliphatic hydroxyl groups is 1. The van der Waals surface area contributed by atoms with E-state index >= 15 is 0 Å². The van der Waals surface area contributed by atoms with Crippen LogP contribution in [-0.2, 0) is 9.59 Å². The number of carbonyl (C=O) groups excluding carboxylic acids is 1. The number of carboxylic acid groups (broad SMARTS) is 1. The largest absolute Gasteiger partial charge is 0.481 e. The molecule has 3 rings (SSSR count). The van der Waals surface area contributed by atoms with Gasteiger partial charge in [0.2, 0.25) is 5.91 Å². The van der Waals surface area contributed by atoms with Crippen molar-refractivity contribution >= 4 is 17.6 Å². The Labute approximate surface area is 196 Å². The number of rotatable bonds is 12. The van der Waals surface area contributed by atoms with Crippen molar-refractivity contribution in [1.82, 2.24) is 5.01 Å². The molecule has 0 bridgehead atoms. The van der Waals surface area contributed by atoms with Gasteiger partial charge in [0.05, 0.1) is 11.6 Å². The molecule has 1 aliphatic heterocycles. The summed E-state index contributed by atoms with van der Waals surface area (Å²) in [6, 6.07) is 17.0. The van der Waals surface area contributed by atoms with E-state index in [0.29, 0.717) is 25.9 Å². The lowest BCUT2D eigenvalue weighted by atomic mass is 10.0. The number of unbranched alkanes of at least 4 members (excludes halogenated alkanes) is 2. The van der Waals surface area contributed by atoms with E-state index in [9.17, 15) is 14.7 Å². The predicted octanol–water partition coefficient (Wildman–Crippen LogP) is 4.95. The van der Waals surface area contributed by atoms with E-state index in [4.69, 9.17) is 5.11 Å². The molecule has 33 heavy (non-hydrogen) atoms. The third kappa shape index (κ3) is 6.76. The molecule has 6 heteroatoms. The van der Waals surface area contributed by atoms with E-state index in [1.54, 1.807) is 5.01 Å². The Morgan fingerprint density at radius 1 is 1.06 bits per heavy atom. The lowest BCUT2D eigenvalue weighted by Crippen LogP contribution is -2.39. The monoisotopic (exact) mass is 450 g/mol. The molecule has 0 aromatic heterocycles. The first kappa shape index (κ1) is 24.7. The lowest BCUT2D eigenvalue weighted by molar-refractivity contribution is -0.137. The number of aliphatic carboxylic acids is 1. The lowest BCUT2D eigenvalue weighted by Gasteiger charge is -2.27. The van der Waals surface area contributed by atoms with Gasteiger partial charge in [0.25, 0.3) is 0 Å². The first-order chi connectivity index (χ1) is 16.0. The maximum absolute atomic E-state index is 13.2. The summed E-state index contributed by atoms with van der Waals surface area (Å²) in [5.74, 6) is -0.696. The Kier molecular flexibility index (Phi) is 9.22. The van der Waals surface area contributed by atoms with Gasteiger partial charge >= 0.3 is 5.97 Å². The number of carbonyl (C=O) groups is 2. The van der Waals surface area contributed by atoms with Crippen molar-refractivity contribution in [3.8, 4) is 0 Å². The summed E-state index contributed by atoms with van der Waals surface area (Å²) in [5, 5.41) is 23.3. The van der Waals surface area contributed by atoms with Crippen molar-refractivity contribution in [3.05, 3.63) is 77.9 Å². The average Bonchev–Trinajstić information content (AvgIpc) is 3.14. The molecule has 6 nitrogen and oxygen atoms in total. The highest BCUT2D eigenvalue weighted by Gasteiger charge is 2.37. The standard InChI is InChI=1S/C27H34N2O4/c1-2-3-11-23-20-28(19-10-5-4-9-14-25(30)31)29(27(23)33)24-17-15-22(16-18-24)26(32)21-12-7-6-8-13-21/h5-8,10,12-13,15-18,23,26,32H,2-4,9,11,14,19-20H2,1H3,(H,30,31). The zero-order valence-electron chi connectivity index (χ0n) is 19.3. The molecule has 2 aromatic rings. The maximum atomic E-state index is 13.2. The van der Waals surface area contributed by atoms with Crippen molar-refractivity contribution in [1.29, 1.82) is 0 Å². The van der Waals surface area contributed by atoms with Crippen LogP contribution in [0.25, 0.3) is 0 Å². The average molecular weight is 451 g/mol. The fourth-order valence-corrected chi connectivity index (χ4v) is 4.15. The summed E-state index contributed by atoms with van der Waals surface area (Å²) in [7, 11) is 0. The SMILES string of the molecule is CCCCC1CN(CC=CCCCC(=O)O)N(c2ccc(C(O)c3ccccc3)cc2)C1=O. The fraction of sp³-hybridized carbons (Fsp3) is 0.407. The van der Waals surface area contributed by atoms with Gasteiger partial charge < -0.3 is 10.2 Å². The molecule has 1 saturated heterocycles. The molecule has 176 valence electrons. The Bertz CT molecular complexity index is 927. The van der Waals surface area contributed by atoms with Gasteiger partial charge in [-0.25, -0.2) is 10.0 Å². The van der Waals surface area contributed by atoms with Crippen molar-refractivity contribution in [2.75, 3.05) is 18.1 Å². The van der Waals surface area contributed by atoms with Crippen LogP contribution in [0.5, 0.6) is 0 Å². The second-order valence-corrected chi connectivity index (χ2v) is 8.52. The van der Waals surface area contributed by atoms with E-state index in [0.717, 1.165) is 36.1 Å². The van der Waals surface area contributed by atoms with Crippen LogP contribution in [0.3, 0.4) is 0 Å². The molecule has 1 amide bonds. The minimum absolute atomic E-state index is 0.0278. The number of hydrogen-bond acceptors (Lipinski definition) is 4. The highest BCUT2D eigenvalue weighted by molar-refractivity contribution is 5.96. The molecule has 0 saturated carbocycles. The second-order valence-electron chi connectivity index (χ2n) is 8.52. The number of benzene rings is 2. The maximum Gasteiger partial charge on any atom is 0.303 e. The summed E-state index contributed by atoms with van der Waals surface area (Å²) in [5.41, 5.74) is 2.41. The van der Waals surface area contributed by atoms with E-state index in [1.807, 2.05) is 66.7 Å². The van der Waals surface area contributed by atoms with Gasteiger partial charge in [-0.2, -0.15) is 0 Å². The van der Waals surface area contributed by atoms with Crippen molar-refractivity contribution < 1.29 is 19.8 Å². The van der Waals surface area contributed by atoms with Crippen LogP contribution < -0.4 is 5.01 Å². The molecule has 2 aromatic carbocycles. The third-order valence-corrected chi connectivity index (χ3v) is 5.99. The number of hydrogen-bond donors (Lipinski definition) is 2. The first-order valence-corrected chi connectivity index (χ1v) is 11.8. The van der Waals surface area contributed by atoms with Gasteiger partial charge in [-0.15, -0.1) is 0 Å². The van der Waals surface area contributed by atoms with Crippen LogP contribution in [0.1, 0.15) is 62.7 Å². The molecule has 2 atom stereocenters. The minimum atomic E-state index is -0.778. The summed E-state index contributed by atoms with van der Waals surface area (Å²) in [6.07, 6.45) is 7.72. The van der Waals surface area contributed by atoms with E-state index in [1.165, 1.54) is 0 Å². The van der Waals surface area contributed by atoms with Crippen LogP contribution in [0, 0.1) is 5.92 Å². The number of allylic oxidation sites excluding steroid dienone is 1. The van der Waals surface area contributed by atoms with Crippen LogP contribution in [-0.4, -0.2) is 40.2 Å². The second kappa shape index (κ2) is 12.3. The normalized spacial score (nSPS) is 17.7. The van der Waals surface area contributed by atoms with Gasteiger partial charge in [-0.3, -0.25) is 9.59 Å². The van der Waals surface area contributed by atoms with E-state index in [2.05, 4.69) is 11.9 Å². The zero-order chi connectivity index (χ0) is 23.6. The highest BCUT2D eigenvalue weighted by atomic mass is 16.4. The molecule has 0 radical (unpaired) electrons. The van der Waals surface area contributed by atoms with Crippen LogP contribution in [0.4, 0.5) is 5.69 Å². The summed E-state index contributed by atoms with van der Waals surface area (Å²) < 4.78 is 0. The molecule has 2 N–H and O–H groups in total. The third-order valence-electron chi connectivity index (χ3n) is 5.99. The van der Waals surface area contributed by atoms with Gasteiger partial charge in [0, 0.05) is 19.5 Å². The topological polar surface area (TPSA) is 81.1 Å². The Balaban J connectivity index is 1.71. The number of anilines is 1. The molecule has 2 unspecified atom stereocenters. The van der Waals surface area contributed by atoms with Crippen LogP contribution in [0.15, 0.2) is 66.7 Å². The number of amides is 1. The highest BCUT2D eigenvalue weighted by Crippen LogP contribution is 2.30. The van der Waals surface area contributed by atoms with Gasteiger partial charge in [-0.05, 0) is 42.5 Å². The number of hydrazine groups is 1. The van der Waals surface area contributed by atoms with E-state index in [-0.39, 0.29) is 18.2 Å². The molecule has 1 fully saturated rings. The molecular formula is C27H34N2O4. The Morgan fingerprint density at radius 3 is 2.42 bits per heavy atom. The van der Waals surface area contributed by atoms with Gasteiger partial charge in [0.1, 0.15) is 6.10 Å². The Hall–Kier alpha value is -2.96. The van der Waals surface area contributed by atoms with Crippen LogP contribution in [0.2, 0.25) is 0 Å². The quantitative estimate of drug-likeness (QED) is 0.353. The summed E-state index contributed by atoms with van der Waals surface area (Å²) in [6.45, 7) is 3.40. The number of aliphatic hydroxyl groups excluding tert-OH is 1. The Morgan fingerprint density at radius 2 is 1.76 bits per heavy atom. The zero-order valence-corrected chi connectivity index (χ0v) is 19.3. The first-order valence-electron chi connectivity index (χ1n) is 11.8. The number of nitrogens with zero attached hydrogens (tertiary/aromatic N) is 2. The smallest absolute Gasteiger partial charge is 0.303 e. The van der Waals surface area contributed by atoms with Crippen molar-refractivity contribution in [2.24, 2.45) is 5.92 Å².